The fraction of sp³-hybridized carbons (Fsp3) is 1.00. The molecule has 2 nitrogen and oxygen atoms in total. The maximum Gasteiger partial charge on any atom is 0.0221 e. The van der Waals surface area contributed by atoms with E-state index in [2.05, 4.69) is 37.2 Å². The van der Waals surface area contributed by atoms with Gasteiger partial charge in [-0.3, -0.25) is 4.90 Å². The Morgan fingerprint density at radius 1 is 1.31 bits per heavy atom. The van der Waals surface area contributed by atoms with Crippen molar-refractivity contribution < 1.29 is 0 Å². The predicted molar refractivity (Wildman–Crippen MR) is 75.3 cm³/mol. The molecule has 1 aliphatic rings. The third-order valence-electron chi connectivity index (χ3n) is 3.20. The summed E-state index contributed by atoms with van der Waals surface area (Å²) >= 11 is 1.96. The van der Waals surface area contributed by atoms with Gasteiger partial charge in [-0.1, -0.05) is 6.42 Å². The Morgan fingerprint density at radius 3 is 2.69 bits per heavy atom. The molecule has 0 bridgehead atoms. The first-order valence-electron chi connectivity index (χ1n) is 6.51. The van der Waals surface area contributed by atoms with Gasteiger partial charge in [-0.05, 0) is 46.4 Å². The Labute approximate surface area is 106 Å². The molecule has 96 valence electrons. The van der Waals surface area contributed by atoms with Crippen molar-refractivity contribution in [2.24, 2.45) is 0 Å². The van der Waals surface area contributed by atoms with Crippen molar-refractivity contribution in [1.82, 2.24) is 10.2 Å². The lowest BCUT2D eigenvalue weighted by Gasteiger charge is -2.37. The molecule has 16 heavy (non-hydrogen) atoms. The van der Waals surface area contributed by atoms with Crippen LogP contribution < -0.4 is 5.32 Å². The summed E-state index contributed by atoms with van der Waals surface area (Å²) in [6, 6.07) is 0.764. The van der Waals surface area contributed by atoms with E-state index in [-0.39, 0.29) is 5.54 Å². The van der Waals surface area contributed by atoms with E-state index in [0.29, 0.717) is 0 Å². The van der Waals surface area contributed by atoms with Crippen molar-refractivity contribution in [3.63, 3.8) is 0 Å². The predicted octanol–water partition coefficient (Wildman–Crippen LogP) is 2.59. The monoisotopic (exact) mass is 244 g/mol. The van der Waals surface area contributed by atoms with E-state index >= 15 is 0 Å². The van der Waals surface area contributed by atoms with Gasteiger partial charge < -0.3 is 5.32 Å². The average Bonchev–Trinajstić information content (AvgIpc) is 2.23. The highest BCUT2D eigenvalue weighted by Gasteiger charge is 2.23. The summed E-state index contributed by atoms with van der Waals surface area (Å²) in [7, 11) is 0. The molecule has 0 aromatic carbocycles. The number of hydrogen-bond acceptors (Lipinski definition) is 3. The van der Waals surface area contributed by atoms with Crippen LogP contribution in [0.3, 0.4) is 0 Å². The minimum atomic E-state index is 0.253. The number of nitrogens with one attached hydrogen (secondary N) is 1. The van der Waals surface area contributed by atoms with Crippen molar-refractivity contribution in [2.45, 2.75) is 51.6 Å². The van der Waals surface area contributed by atoms with Crippen LogP contribution in [0.2, 0.25) is 0 Å². The van der Waals surface area contributed by atoms with Gasteiger partial charge in [0.05, 0.1) is 0 Å². The molecule has 1 aliphatic heterocycles. The van der Waals surface area contributed by atoms with Crippen LogP contribution in [0, 0.1) is 0 Å². The van der Waals surface area contributed by atoms with Gasteiger partial charge in [-0.15, -0.1) is 0 Å². The molecule has 1 rings (SSSR count). The SMILES string of the molecule is CSCCN1CCCCC1CNC(C)(C)C. The fourth-order valence-electron chi connectivity index (χ4n) is 2.22. The van der Waals surface area contributed by atoms with Gasteiger partial charge in [-0.25, -0.2) is 0 Å². The molecule has 3 heteroatoms. The third-order valence-corrected chi connectivity index (χ3v) is 3.79. The van der Waals surface area contributed by atoms with Crippen LogP contribution in [-0.2, 0) is 0 Å². The van der Waals surface area contributed by atoms with E-state index in [0.717, 1.165) is 12.6 Å². The molecule has 1 heterocycles. The van der Waals surface area contributed by atoms with E-state index in [1.54, 1.807) is 0 Å². The first-order valence-corrected chi connectivity index (χ1v) is 7.90. The van der Waals surface area contributed by atoms with Crippen LogP contribution >= 0.6 is 11.8 Å². The summed E-state index contributed by atoms with van der Waals surface area (Å²) in [6.45, 7) is 10.5. The molecule has 0 spiro atoms. The second kappa shape index (κ2) is 6.87. The maximum atomic E-state index is 3.65. The highest BCUT2D eigenvalue weighted by atomic mass is 32.2. The zero-order chi connectivity index (χ0) is 12.0. The molecule has 1 atom stereocenters. The normalized spacial score (nSPS) is 23.6. The highest BCUT2D eigenvalue weighted by molar-refractivity contribution is 7.98. The van der Waals surface area contributed by atoms with Crippen LogP contribution in [0.5, 0.6) is 0 Å². The average molecular weight is 244 g/mol. The van der Waals surface area contributed by atoms with Crippen molar-refractivity contribution in [1.29, 1.82) is 0 Å². The maximum absolute atomic E-state index is 3.65. The number of hydrogen-bond donors (Lipinski definition) is 1. The lowest BCUT2D eigenvalue weighted by Crippen LogP contribution is -2.50. The summed E-state index contributed by atoms with van der Waals surface area (Å²) in [5, 5.41) is 3.65. The number of rotatable bonds is 5. The smallest absolute Gasteiger partial charge is 0.0221 e. The van der Waals surface area contributed by atoms with E-state index in [9.17, 15) is 0 Å². The molecule has 0 amide bonds. The van der Waals surface area contributed by atoms with Gasteiger partial charge in [0, 0.05) is 30.4 Å². The summed E-state index contributed by atoms with van der Waals surface area (Å²) < 4.78 is 0. The quantitative estimate of drug-likeness (QED) is 0.800. The number of piperidine rings is 1. The van der Waals surface area contributed by atoms with E-state index in [1.807, 2.05) is 11.8 Å². The van der Waals surface area contributed by atoms with Crippen molar-refractivity contribution >= 4 is 11.8 Å². The van der Waals surface area contributed by atoms with E-state index in [1.165, 1.54) is 38.1 Å². The topological polar surface area (TPSA) is 15.3 Å². The van der Waals surface area contributed by atoms with E-state index < -0.39 is 0 Å². The van der Waals surface area contributed by atoms with Crippen LogP contribution in [-0.4, -0.2) is 48.1 Å². The minimum Gasteiger partial charge on any atom is -0.311 e. The first kappa shape index (κ1) is 14.3. The minimum absolute atomic E-state index is 0.253. The molecule has 0 aliphatic carbocycles. The lowest BCUT2D eigenvalue weighted by atomic mass is 10.0. The second-order valence-electron chi connectivity index (χ2n) is 5.81. The molecule has 0 aromatic rings. The molecular weight excluding hydrogens is 216 g/mol. The summed E-state index contributed by atoms with van der Waals surface area (Å²) in [5.41, 5.74) is 0.253. The molecule has 0 radical (unpaired) electrons. The van der Waals surface area contributed by atoms with Gasteiger partial charge in [0.25, 0.3) is 0 Å². The highest BCUT2D eigenvalue weighted by Crippen LogP contribution is 2.17. The van der Waals surface area contributed by atoms with Crippen LogP contribution in [0.4, 0.5) is 0 Å². The standard InChI is InChI=1S/C13H28N2S/c1-13(2,3)14-11-12-7-5-6-8-15(12)9-10-16-4/h12,14H,5-11H2,1-4H3. The summed E-state index contributed by atoms with van der Waals surface area (Å²) in [5.74, 6) is 1.27. The number of nitrogens with zero attached hydrogens (tertiary/aromatic N) is 1. The van der Waals surface area contributed by atoms with Crippen molar-refractivity contribution in [3.8, 4) is 0 Å². The van der Waals surface area contributed by atoms with Crippen molar-refractivity contribution in [3.05, 3.63) is 0 Å². The molecule has 0 aromatic heterocycles. The Kier molecular flexibility index (Phi) is 6.16. The molecule has 1 unspecified atom stereocenters. The Hall–Kier alpha value is 0.270. The summed E-state index contributed by atoms with van der Waals surface area (Å²) in [6.07, 6.45) is 6.37. The molecule has 0 saturated carbocycles. The largest absolute Gasteiger partial charge is 0.311 e. The first-order chi connectivity index (χ1) is 7.53. The van der Waals surface area contributed by atoms with E-state index in [4.69, 9.17) is 0 Å². The Morgan fingerprint density at radius 2 is 2.06 bits per heavy atom. The molecule has 1 fully saturated rings. The summed E-state index contributed by atoms with van der Waals surface area (Å²) in [4.78, 5) is 2.68. The third kappa shape index (κ3) is 5.55. The molecular formula is C13H28N2S. The van der Waals surface area contributed by atoms with Gasteiger partial charge >= 0.3 is 0 Å². The van der Waals surface area contributed by atoms with Crippen LogP contribution in [0.15, 0.2) is 0 Å². The number of thioether (sulfide) groups is 1. The number of likely N-dealkylation sites (tertiary alicyclic amines) is 1. The molecule has 1 saturated heterocycles. The van der Waals surface area contributed by atoms with Crippen molar-refractivity contribution in [2.75, 3.05) is 31.6 Å². The van der Waals surface area contributed by atoms with Gasteiger partial charge in [0.2, 0.25) is 0 Å². The fourth-order valence-corrected chi connectivity index (χ4v) is 2.64. The lowest BCUT2D eigenvalue weighted by molar-refractivity contribution is 0.147. The second-order valence-corrected chi connectivity index (χ2v) is 6.79. The zero-order valence-electron chi connectivity index (χ0n) is 11.4. The van der Waals surface area contributed by atoms with Gasteiger partial charge in [0.1, 0.15) is 0 Å². The zero-order valence-corrected chi connectivity index (χ0v) is 12.2. The Bertz CT molecular complexity index is 189. The van der Waals surface area contributed by atoms with Gasteiger partial charge in [-0.2, -0.15) is 11.8 Å². The van der Waals surface area contributed by atoms with Gasteiger partial charge in [0.15, 0.2) is 0 Å². The van der Waals surface area contributed by atoms with Crippen LogP contribution in [0.1, 0.15) is 40.0 Å². The van der Waals surface area contributed by atoms with Crippen LogP contribution in [0.25, 0.3) is 0 Å². The Balaban J connectivity index is 2.34. The molecule has 1 N–H and O–H groups in total.